The molecule has 1 aromatic rings. The molecule has 2 amide bonds. The van der Waals surface area contributed by atoms with E-state index >= 15 is 0 Å². The topological polar surface area (TPSA) is 85.8 Å². The van der Waals surface area contributed by atoms with Crippen LogP contribution in [0.5, 0.6) is 0 Å². The molecule has 1 unspecified atom stereocenters. The fourth-order valence-corrected chi connectivity index (χ4v) is 2.73. The predicted molar refractivity (Wildman–Crippen MR) is 104 cm³/mol. The van der Waals surface area contributed by atoms with Crippen molar-refractivity contribution in [3.8, 4) is 0 Å². The van der Waals surface area contributed by atoms with Crippen molar-refractivity contribution < 1.29 is 9.59 Å². The van der Waals surface area contributed by atoms with Crippen molar-refractivity contribution in [2.24, 2.45) is 10.9 Å². The Balaban J connectivity index is 1.88. The molecule has 2 rings (SSSR count). The number of amides is 2. The number of carbonyl (C=O) groups excluding carboxylic acids is 2. The Hall–Kier alpha value is -2.57. The smallest absolute Gasteiger partial charge is 0.229 e. The molecule has 0 aromatic heterocycles. The van der Waals surface area contributed by atoms with Crippen LogP contribution in [-0.2, 0) is 9.59 Å². The Kier molecular flexibility index (Phi) is 7.44. The molecule has 1 fully saturated rings. The molecule has 1 aliphatic heterocycles. The first-order valence-electron chi connectivity index (χ1n) is 9.19. The molecule has 0 aliphatic carbocycles. The van der Waals surface area contributed by atoms with Gasteiger partial charge in [-0.05, 0) is 19.1 Å². The van der Waals surface area contributed by atoms with Crippen LogP contribution in [-0.4, -0.2) is 50.0 Å². The van der Waals surface area contributed by atoms with E-state index in [9.17, 15) is 9.59 Å². The SMILES string of the molecule is CCNC(=NCCNC(=O)C(C)C)NC1CC(=O)N(c2ccccc2)C1. The molecule has 142 valence electrons. The van der Waals surface area contributed by atoms with Gasteiger partial charge in [0.2, 0.25) is 11.8 Å². The number of carbonyl (C=O) groups is 2. The van der Waals surface area contributed by atoms with Gasteiger partial charge in [-0.2, -0.15) is 0 Å². The van der Waals surface area contributed by atoms with Crippen LogP contribution in [0.3, 0.4) is 0 Å². The lowest BCUT2D eigenvalue weighted by Gasteiger charge is -2.19. The minimum atomic E-state index is -0.0289. The number of para-hydroxylation sites is 1. The molecular formula is C19H29N5O2. The van der Waals surface area contributed by atoms with Gasteiger partial charge in [0.15, 0.2) is 5.96 Å². The number of rotatable bonds is 7. The van der Waals surface area contributed by atoms with Gasteiger partial charge < -0.3 is 20.9 Å². The summed E-state index contributed by atoms with van der Waals surface area (Å²) in [6.07, 6.45) is 0.434. The molecule has 0 radical (unpaired) electrons. The number of guanidine groups is 1. The van der Waals surface area contributed by atoms with Gasteiger partial charge in [0.1, 0.15) is 0 Å². The fourth-order valence-electron chi connectivity index (χ4n) is 2.73. The zero-order valence-corrected chi connectivity index (χ0v) is 15.8. The second kappa shape index (κ2) is 9.79. The third kappa shape index (κ3) is 5.75. The minimum Gasteiger partial charge on any atom is -0.357 e. The van der Waals surface area contributed by atoms with Crippen molar-refractivity contribution in [2.75, 3.05) is 31.1 Å². The number of nitrogens with zero attached hydrogens (tertiary/aromatic N) is 2. The molecule has 3 N–H and O–H groups in total. The van der Waals surface area contributed by atoms with Gasteiger partial charge >= 0.3 is 0 Å². The lowest BCUT2D eigenvalue weighted by Crippen LogP contribution is -2.45. The van der Waals surface area contributed by atoms with Gasteiger partial charge in [-0.15, -0.1) is 0 Å². The van der Waals surface area contributed by atoms with Gasteiger partial charge in [0.05, 0.1) is 12.6 Å². The monoisotopic (exact) mass is 359 g/mol. The molecule has 1 atom stereocenters. The highest BCUT2D eigenvalue weighted by Crippen LogP contribution is 2.20. The van der Waals surface area contributed by atoms with Crippen LogP contribution in [0.4, 0.5) is 5.69 Å². The summed E-state index contributed by atoms with van der Waals surface area (Å²) in [5.74, 6) is 0.768. The molecular weight excluding hydrogens is 330 g/mol. The summed E-state index contributed by atoms with van der Waals surface area (Å²) in [6.45, 7) is 8.03. The number of benzene rings is 1. The first kappa shape index (κ1) is 19.8. The highest BCUT2D eigenvalue weighted by atomic mass is 16.2. The largest absolute Gasteiger partial charge is 0.357 e. The van der Waals surface area contributed by atoms with Gasteiger partial charge in [-0.1, -0.05) is 32.0 Å². The van der Waals surface area contributed by atoms with Crippen LogP contribution >= 0.6 is 0 Å². The molecule has 0 spiro atoms. The summed E-state index contributed by atoms with van der Waals surface area (Å²) in [5.41, 5.74) is 0.917. The van der Waals surface area contributed by atoms with Gasteiger partial charge in [0.25, 0.3) is 0 Å². The maximum Gasteiger partial charge on any atom is 0.229 e. The van der Waals surface area contributed by atoms with Crippen molar-refractivity contribution >= 4 is 23.5 Å². The Morgan fingerprint density at radius 1 is 1.27 bits per heavy atom. The predicted octanol–water partition coefficient (Wildman–Crippen LogP) is 1.12. The molecule has 0 bridgehead atoms. The quantitative estimate of drug-likeness (QED) is 0.387. The van der Waals surface area contributed by atoms with Crippen molar-refractivity contribution in [1.29, 1.82) is 0 Å². The number of hydrogen-bond acceptors (Lipinski definition) is 3. The van der Waals surface area contributed by atoms with Crippen LogP contribution in [0.15, 0.2) is 35.3 Å². The third-order valence-corrected chi connectivity index (χ3v) is 4.08. The Morgan fingerprint density at radius 3 is 2.65 bits per heavy atom. The van der Waals surface area contributed by atoms with E-state index in [-0.39, 0.29) is 23.8 Å². The van der Waals surface area contributed by atoms with Crippen LogP contribution in [0, 0.1) is 5.92 Å². The van der Waals surface area contributed by atoms with Crippen LogP contribution in [0.2, 0.25) is 0 Å². The lowest BCUT2D eigenvalue weighted by atomic mass is 10.2. The number of nitrogens with one attached hydrogen (secondary N) is 3. The van der Waals surface area contributed by atoms with E-state index in [0.717, 1.165) is 12.2 Å². The van der Waals surface area contributed by atoms with Crippen LogP contribution in [0.25, 0.3) is 0 Å². The zero-order valence-electron chi connectivity index (χ0n) is 15.8. The molecule has 1 heterocycles. The fraction of sp³-hybridized carbons (Fsp3) is 0.526. The summed E-state index contributed by atoms with van der Waals surface area (Å²) >= 11 is 0. The number of hydrogen-bond donors (Lipinski definition) is 3. The maximum absolute atomic E-state index is 12.3. The Labute approximate surface area is 155 Å². The van der Waals surface area contributed by atoms with Crippen molar-refractivity contribution in [3.05, 3.63) is 30.3 Å². The molecule has 1 aliphatic rings. The van der Waals surface area contributed by atoms with E-state index in [2.05, 4.69) is 20.9 Å². The van der Waals surface area contributed by atoms with Gasteiger partial charge in [-0.3, -0.25) is 14.6 Å². The van der Waals surface area contributed by atoms with E-state index in [1.165, 1.54) is 0 Å². The average Bonchev–Trinajstić information content (AvgIpc) is 2.99. The van der Waals surface area contributed by atoms with Crippen LogP contribution in [0.1, 0.15) is 27.2 Å². The van der Waals surface area contributed by atoms with Gasteiger partial charge in [0, 0.05) is 37.7 Å². The van der Waals surface area contributed by atoms with E-state index in [4.69, 9.17) is 0 Å². The van der Waals surface area contributed by atoms with E-state index in [0.29, 0.717) is 32.0 Å². The molecule has 1 saturated heterocycles. The van der Waals surface area contributed by atoms with Crippen molar-refractivity contribution in [2.45, 2.75) is 33.2 Å². The van der Waals surface area contributed by atoms with E-state index in [1.54, 1.807) is 4.90 Å². The summed E-state index contributed by atoms with van der Waals surface area (Å²) in [7, 11) is 0. The highest BCUT2D eigenvalue weighted by Gasteiger charge is 2.30. The Bertz CT molecular complexity index is 630. The normalized spacial score (nSPS) is 17.5. The summed E-state index contributed by atoms with van der Waals surface area (Å²) < 4.78 is 0. The van der Waals surface area contributed by atoms with Crippen LogP contribution < -0.4 is 20.9 Å². The average molecular weight is 359 g/mol. The Morgan fingerprint density at radius 2 is 2.00 bits per heavy atom. The second-order valence-corrected chi connectivity index (χ2v) is 6.59. The number of aliphatic imine (C=N–C) groups is 1. The number of anilines is 1. The summed E-state index contributed by atoms with van der Waals surface area (Å²) in [5, 5.41) is 9.35. The zero-order chi connectivity index (χ0) is 18.9. The lowest BCUT2D eigenvalue weighted by molar-refractivity contribution is -0.124. The van der Waals surface area contributed by atoms with Crippen molar-refractivity contribution in [3.63, 3.8) is 0 Å². The molecule has 7 heteroatoms. The molecule has 1 aromatic carbocycles. The standard InChI is InChI=1S/C19H29N5O2/c1-4-20-19(22-11-10-21-18(26)14(2)3)23-15-12-17(25)24(13-15)16-8-6-5-7-9-16/h5-9,14-15H,4,10-13H2,1-3H3,(H,21,26)(H2,20,22,23). The first-order valence-corrected chi connectivity index (χ1v) is 9.19. The minimum absolute atomic E-state index is 0.00533. The molecule has 7 nitrogen and oxygen atoms in total. The molecule has 26 heavy (non-hydrogen) atoms. The summed E-state index contributed by atoms with van der Waals surface area (Å²) in [6, 6.07) is 9.69. The first-order chi connectivity index (χ1) is 12.5. The van der Waals surface area contributed by atoms with E-state index < -0.39 is 0 Å². The summed E-state index contributed by atoms with van der Waals surface area (Å²) in [4.78, 5) is 30.1. The van der Waals surface area contributed by atoms with Crippen molar-refractivity contribution in [1.82, 2.24) is 16.0 Å². The third-order valence-electron chi connectivity index (χ3n) is 4.08. The highest BCUT2D eigenvalue weighted by molar-refractivity contribution is 5.97. The van der Waals surface area contributed by atoms with E-state index in [1.807, 2.05) is 51.1 Å². The second-order valence-electron chi connectivity index (χ2n) is 6.59. The molecule has 0 saturated carbocycles. The maximum atomic E-state index is 12.3. The van der Waals surface area contributed by atoms with Gasteiger partial charge in [-0.25, -0.2) is 0 Å².